The number of esters is 1. The number of nitrogens with zero attached hydrogens (tertiary/aromatic N) is 1. The van der Waals surface area contributed by atoms with Crippen LogP contribution in [0.2, 0.25) is 0 Å². The van der Waals surface area contributed by atoms with E-state index in [-0.39, 0.29) is 48.6 Å². The van der Waals surface area contributed by atoms with E-state index in [1.807, 2.05) is 0 Å². The molecule has 1 aliphatic heterocycles. The molecular formula is C22H22N2O5. The van der Waals surface area contributed by atoms with Gasteiger partial charge in [-0.2, -0.15) is 0 Å². The molecule has 5 aliphatic rings. The second-order valence-corrected chi connectivity index (χ2v) is 8.27. The van der Waals surface area contributed by atoms with E-state index >= 15 is 0 Å². The number of amides is 3. The van der Waals surface area contributed by atoms with Crippen molar-refractivity contribution in [1.82, 2.24) is 4.90 Å². The van der Waals surface area contributed by atoms with Crippen LogP contribution in [0.5, 0.6) is 0 Å². The summed E-state index contributed by atoms with van der Waals surface area (Å²) >= 11 is 0. The molecule has 4 aliphatic carbocycles. The summed E-state index contributed by atoms with van der Waals surface area (Å²) in [4.78, 5) is 51.4. The Morgan fingerprint density at radius 3 is 2.38 bits per heavy atom. The Balaban J connectivity index is 1.28. The lowest BCUT2D eigenvalue weighted by molar-refractivity contribution is -0.142. The van der Waals surface area contributed by atoms with Crippen molar-refractivity contribution in [1.29, 1.82) is 0 Å². The largest absolute Gasteiger partial charge is 0.462 e. The second-order valence-electron chi connectivity index (χ2n) is 8.27. The minimum atomic E-state index is -0.473. The highest BCUT2D eigenvalue weighted by atomic mass is 16.5. The van der Waals surface area contributed by atoms with Crippen molar-refractivity contribution in [2.75, 3.05) is 18.5 Å². The number of carbonyl (C=O) groups excluding carboxylic acids is 4. The molecule has 1 saturated heterocycles. The van der Waals surface area contributed by atoms with Gasteiger partial charge in [0.15, 0.2) is 0 Å². The SMILES string of the molecule is CCOC(=O)c1cccc(NC(=O)CN2C(=O)[C@@H]3[C@H]4C=C[C@@H]([C@@H]5C[C@H]45)[C@H]3C2=O)c1. The van der Waals surface area contributed by atoms with E-state index in [0.29, 0.717) is 23.1 Å². The molecule has 1 N–H and O–H groups in total. The number of anilines is 1. The molecule has 7 heteroatoms. The average molecular weight is 394 g/mol. The number of hydrogen-bond donors (Lipinski definition) is 1. The van der Waals surface area contributed by atoms with Crippen LogP contribution in [0.1, 0.15) is 23.7 Å². The van der Waals surface area contributed by atoms with Gasteiger partial charge in [0.2, 0.25) is 17.7 Å². The number of benzene rings is 1. The van der Waals surface area contributed by atoms with Crippen LogP contribution in [0.3, 0.4) is 0 Å². The standard InChI is InChI=1S/C22H22N2O5/c1-2-29-22(28)11-4-3-5-12(8-11)23-17(25)10-24-20(26)18-13-6-7-14(16-9-15(13)16)19(18)21(24)27/h3-8,13-16,18-19H,2,9-10H2,1H3,(H,23,25)/t13-,14-,15-,16+,18+,19+/m0/s1. The molecule has 29 heavy (non-hydrogen) atoms. The number of hydrogen-bond acceptors (Lipinski definition) is 5. The van der Waals surface area contributed by atoms with E-state index in [9.17, 15) is 19.2 Å². The molecule has 1 heterocycles. The summed E-state index contributed by atoms with van der Waals surface area (Å²) in [5.41, 5.74) is 0.742. The summed E-state index contributed by atoms with van der Waals surface area (Å²) in [6, 6.07) is 6.39. The lowest BCUT2D eigenvalue weighted by Crippen LogP contribution is -2.40. The molecule has 3 fully saturated rings. The van der Waals surface area contributed by atoms with E-state index < -0.39 is 11.9 Å². The highest BCUT2D eigenvalue weighted by Gasteiger charge is 2.67. The second kappa shape index (κ2) is 6.54. The first-order chi connectivity index (χ1) is 14.0. The van der Waals surface area contributed by atoms with E-state index in [2.05, 4.69) is 17.5 Å². The third kappa shape index (κ3) is 2.79. The number of ether oxygens (including phenoxy) is 1. The van der Waals surface area contributed by atoms with Gasteiger partial charge in [0.1, 0.15) is 6.54 Å². The molecule has 0 radical (unpaired) electrons. The molecule has 0 aromatic heterocycles. The van der Waals surface area contributed by atoms with E-state index in [0.717, 1.165) is 11.3 Å². The zero-order valence-corrected chi connectivity index (χ0v) is 16.0. The van der Waals surface area contributed by atoms with Crippen LogP contribution >= 0.6 is 0 Å². The van der Waals surface area contributed by atoms with Crippen LogP contribution in [0.4, 0.5) is 5.69 Å². The highest BCUT2D eigenvalue weighted by Crippen LogP contribution is 2.65. The van der Waals surface area contributed by atoms with Crippen molar-refractivity contribution in [2.24, 2.45) is 35.5 Å². The maximum absolute atomic E-state index is 12.9. The third-order valence-electron chi connectivity index (χ3n) is 6.71. The van der Waals surface area contributed by atoms with Crippen molar-refractivity contribution in [2.45, 2.75) is 13.3 Å². The number of imide groups is 1. The Morgan fingerprint density at radius 1 is 1.10 bits per heavy atom. The summed E-state index contributed by atoms with van der Waals surface area (Å²) in [5, 5.41) is 2.68. The minimum absolute atomic E-state index is 0.140. The molecule has 1 aromatic rings. The summed E-state index contributed by atoms with van der Waals surface area (Å²) < 4.78 is 4.96. The zero-order valence-electron chi connectivity index (χ0n) is 16.0. The summed E-state index contributed by atoms with van der Waals surface area (Å²) in [7, 11) is 0. The average Bonchev–Trinajstić information content (AvgIpc) is 3.49. The van der Waals surface area contributed by atoms with Gasteiger partial charge in [0, 0.05) is 5.69 Å². The van der Waals surface area contributed by atoms with E-state index in [1.165, 1.54) is 6.07 Å². The monoisotopic (exact) mass is 394 g/mol. The molecule has 2 saturated carbocycles. The lowest BCUT2D eigenvalue weighted by Gasteiger charge is -2.37. The smallest absolute Gasteiger partial charge is 0.338 e. The number of nitrogens with one attached hydrogen (secondary N) is 1. The molecule has 2 bridgehead atoms. The Kier molecular flexibility index (Phi) is 4.08. The van der Waals surface area contributed by atoms with Crippen LogP contribution in [-0.4, -0.2) is 41.7 Å². The highest BCUT2D eigenvalue weighted by molar-refractivity contribution is 6.09. The van der Waals surface area contributed by atoms with Gasteiger partial charge in [-0.3, -0.25) is 19.3 Å². The molecular weight excluding hydrogens is 372 g/mol. The first kappa shape index (κ1) is 18.1. The number of rotatable bonds is 5. The van der Waals surface area contributed by atoms with Gasteiger partial charge in [0.25, 0.3) is 0 Å². The van der Waals surface area contributed by atoms with Crippen LogP contribution in [0.25, 0.3) is 0 Å². The summed E-state index contributed by atoms with van der Waals surface area (Å²) in [6.07, 6.45) is 5.32. The van der Waals surface area contributed by atoms with Gasteiger partial charge in [-0.05, 0) is 55.2 Å². The van der Waals surface area contributed by atoms with Crippen molar-refractivity contribution in [3.8, 4) is 0 Å². The fraction of sp³-hybridized carbons (Fsp3) is 0.455. The molecule has 0 spiro atoms. The van der Waals surface area contributed by atoms with Crippen molar-refractivity contribution in [3.63, 3.8) is 0 Å². The predicted molar refractivity (Wildman–Crippen MR) is 102 cm³/mol. The fourth-order valence-electron chi connectivity index (χ4n) is 5.46. The van der Waals surface area contributed by atoms with Crippen LogP contribution < -0.4 is 5.32 Å². The predicted octanol–water partition coefficient (Wildman–Crippen LogP) is 1.85. The van der Waals surface area contributed by atoms with Gasteiger partial charge < -0.3 is 10.1 Å². The maximum atomic E-state index is 12.9. The number of carbonyl (C=O) groups is 4. The van der Waals surface area contributed by atoms with E-state index in [4.69, 9.17) is 4.74 Å². The van der Waals surface area contributed by atoms with Gasteiger partial charge in [-0.1, -0.05) is 18.2 Å². The molecule has 3 amide bonds. The van der Waals surface area contributed by atoms with Crippen molar-refractivity contribution in [3.05, 3.63) is 42.0 Å². The first-order valence-corrected chi connectivity index (χ1v) is 10.1. The molecule has 150 valence electrons. The number of likely N-dealkylation sites (tertiary alicyclic amines) is 1. The van der Waals surface area contributed by atoms with Crippen LogP contribution in [0, 0.1) is 35.5 Å². The van der Waals surface area contributed by atoms with Gasteiger partial charge in [-0.15, -0.1) is 0 Å². The van der Waals surface area contributed by atoms with Gasteiger partial charge >= 0.3 is 5.97 Å². The first-order valence-electron chi connectivity index (χ1n) is 10.1. The zero-order chi connectivity index (χ0) is 20.3. The lowest BCUT2D eigenvalue weighted by atomic mass is 9.63. The topological polar surface area (TPSA) is 92.8 Å². The minimum Gasteiger partial charge on any atom is -0.462 e. The van der Waals surface area contributed by atoms with Gasteiger partial charge in [0.05, 0.1) is 24.0 Å². The molecule has 0 unspecified atom stereocenters. The van der Waals surface area contributed by atoms with Crippen molar-refractivity contribution < 1.29 is 23.9 Å². The van der Waals surface area contributed by atoms with Crippen LogP contribution in [0.15, 0.2) is 36.4 Å². The van der Waals surface area contributed by atoms with E-state index in [1.54, 1.807) is 25.1 Å². The molecule has 7 nitrogen and oxygen atoms in total. The fourth-order valence-corrected chi connectivity index (χ4v) is 5.46. The van der Waals surface area contributed by atoms with Gasteiger partial charge in [-0.25, -0.2) is 4.79 Å². The molecule has 6 rings (SSSR count). The molecule has 1 aromatic carbocycles. The normalized spacial score (nSPS) is 33.3. The summed E-state index contributed by atoms with van der Waals surface area (Å²) in [5.74, 6) is -0.648. The van der Waals surface area contributed by atoms with Crippen molar-refractivity contribution >= 4 is 29.4 Å². The Labute approximate surface area is 168 Å². The maximum Gasteiger partial charge on any atom is 0.338 e. The Hall–Kier alpha value is -2.96. The number of allylic oxidation sites excluding steroid dienone is 2. The van der Waals surface area contributed by atoms with Crippen LogP contribution in [-0.2, 0) is 19.1 Å². The molecule has 6 atom stereocenters. The Morgan fingerprint density at radius 2 is 1.76 bits per heavy atom. The quantitative estimate of drug-likeness (QED) is 0.467. The Bertz CT molecular complexity index is 918. The third-order valence-corrected chi connectivity index (χ3v) is 6.71. The summed E-state index contributed by atoms with van der Waals surface area (Å²) in [6.45, 7) is 1.68.